The molecule has 0 spiro atoms. The van der Waals surface area contributed by atoms with Crippen LogP contribution in [0.1, 0.15) is 11.1 Å². The average Bonchev–Trinajstić information content (AvgIpc) is 2.85. The maximum Gasteiger partial charge on any atom is 0.261 e. The Balaban J connectivity index is 1.95. The van der Waals surface area contributed by atoms with Gasteiger partial charge in [0.25, 0.3) is 10.0 Å². The number of phenols is 1. The van der Waals surface area contributed by atoms with Crippen LogP contribution in [0.2, 0.25) is 5.02 Å². The Kier molecular flexibility index (Phi) is 7.32. The van der Waals surface area contributed by atoms with Crippen molar-refractivity contribution in [2.24, 2.45) is 0 Å². The quantitative estimate of drug-likeness (QED) is 0.284. The molecule has 0 aromatic heterocycles. The fraction of sp³-hybridized carbons (Fsp3) is 0.0769. The number of sulfone groups is 2. The molecular weight excluding hydrogens is 570 g/mol. The molecule has 12 heteroatoms. The summed E-state index contributed by atoms with van der Waals surface area (Å²) in [6, 6.07) is 18.3. The molecule has 38 heavy (non-hydrogen) atoms. The molecule has 0 saturated heterocycles. The molecule has 198 valence electrons. The summed E-state index contributed by atoms with van der Waals surface area (Å²) in [5.74, 6) is -1.03. The van der Waals surface area contributed by atoms with Gasteiger partial charge in [-0.15, -0.1) is 0 Å². The van der Waals surface area contributed by atoms with E-state index >= 15 is 0 Å². The highest BCUT2D eigenvalue weighted by Crippen LogP contribution is 2.40. The van der Waals surface area contributed by atoms with Crippen LogP contribution in [0.4, 0.5) is 5.69 Å². The zero-order chi connectivity index (χ0) is 27.9. The van der Waals surface area contributed by atoms with Crippen LogP contribution in [0, 0.1) is 13.8 Å². The zero-order valence-electron chi connectivity index (χ0n) is 20.1. The van der Waals surface area contributed by atoms with E-state index in [0.29, 0.717) is 5.02 Å². The molecule has 8 nitrogen and oxygen atoms in total. The third-order valence-electron chi connectivity index (χ3n) is 5.66. The van der Waals surface area contributed by atoms with Crippen LogP contribution in [0.25, 0.3) is 0 Å². The van der Waals surface area contributed by atoms with Gasteiger partial charge < -0.3 is 5.11 Å². The third-order valence-corrected chi connectivity index (χ3v) is 10.9. The van der Waals surface area contributed by atoms with E-state index in [-0.39, 0.29) is 20.4 Å². The van der Waals surface area contributed by atoms with E-state index in [1.54, 1.807) is 38.1 Å². The first kappa shape index (κ1) is 27.6. The highest BCUT2D eigenvalue weighted by Gasteiger charge is 2.31. The molecule has 0 unspecified atom stereocenters. The molecule has 4 aromatic carbocycles. The van der Waals surface area contributed by atoms with Gasteiger partial charge >= 0.3 is 0 Å². The van der Waals surface area contributed by atoms with Crippen LogP contribution in [0.15, 0.2) is 109 Å². The molecule has 0 radical (unpaired) electrons. The fourth-order valence-corrected chi connectivity index (χ4v) is 7.59. The lowest BCUT2D eigenvalue weighted by Gasteiger charge is -2.16. The maximum atomic E-state index is 13.5. The number of sulfonamides is 1. The van der Waals surface area contributed by atoms with Gasteiger partial charge in [0.2, 0.25) is 19.7 Å². The van der Waals surface area contributed by atoms with Gasteiger partial charge in [-0.25, -0.2) is 25.3 Å². The Morgan fingerprint density at radius 2 is 0.974 bits per heavy atom. The summed E-state index contributed by atoms with van der Waals surface area (Å²) >= 11 is 5.84. The first-order chi connectivity index (χ1) is 17.7. The van der Waals surface area contributed by atoms with Gasteiger partial charge in [-0.1, -0.05) is 47.0 Å². The second-order valence-corrected chi connectivity index (χ2v) is 14.5. The Morgan fingerprint density at radius 1 is 0.605 bits per heavy atom. The first-order valence-corrected chi connectivity index (χ1v) is 15.8. The van der Waals surface area contributed by atoms with Crippen molar-refractivity contribution in [3.63, 3.8) is 0 Å². The molecule has 0 fully saturated rings. The Bertz CT molecular complexity index is 1740. The van der Waals surface area contributed by atoms with Crippen molar-refractivity contribution < 1.29 is 30.4 Å². The summed E-state index contributed by atoms with van der Waals surface area (Å²) in [5, 5.41) is 11.3. The van der Waals surface area contributed by atoms with Gasteiger partial charge in [0, 0.05) is 5.02 Å². The number of benzene rings is 4. The minimum Gasteiger partial charge on any atom is -0.505 e. The lowest BCUT2D eigenvalue weighted by atomic mass is 10.2. The molecule has 0 aliphatic carbocycles. The van der Waals surface area contributed by atoms with Crippen LogP contribution in [-0.4, -0.2) is 30.4 Å². The molecule has 4 rings (SSSR count). The van der Waals surface area contributed by atoms with E-state index in [2.05, 4.69) is 4.72 Å². The van der Waals surface area contributed by atoms with Gasteiger partial charge in [0.1, 0.15) is 9.79 Å². The SMILES string of the molecule is Cc1ccc(S(=O)(=O)c2cc(NS(=O)(=O)c3ccc(Cl)cc3)cc(S(=O)(=O)c3ccc(C)cc3)c2O)cc1. The molecular formula is C26H22ClNO7S3. The molecule has 0 aliphatic heterocycles. The fourth-order valence-electron chi connectivity index (χ4n) is 3.57. The molecule has 2 N–H and O–H groups in total. The Hall–Kier alpha value is -3.38. The molecule has 0 aliphatic rings. The second-order valence-electron chi connectivity index (χ2n) is 8.51. The first-order valence-electron chi connectivity index (χ1n) is 11.0. The van der Waals surface area contributed by atoms with Crippen LogP contribution < -0.4 is 4.72 Å². The molecule has 0 amide bonds. The summed E-state index contributed by atoms with van der Waals surface area (Å²) in [6.07, 6.45) is 0. The predicted molar refractivity (Wildman–Crippen MR) is 144 cm³/mol. The van der Waals surface area contributed by atoms with E-state index in [4.69, 9.17) is 11.6 Å². The molecule has 0 heterocycles. The largest absolute Gasteiger partial charge is 0.505 e. The van der Waals surface area contributed by atoms with E-state index in [1.807, 2.05) is 0 Å². The topological polar surface area (TPSA) is 135 Å². The van der Waals surface area contributed by atoms with Crippen molar-refractivity contribution in [2.45, 2.75) is 38.3 Å². The number of anilines is 1. The normalized spacial score (nSPS) is 12.3. The summed E-state index contributed by atoms with van der Waals surface area (Å²) in [6.45, 7) is 3.51. The number of nitrogens with one attached hydrogen (secondary N) is 1. The Morgan fingerprint density at radius 3 is 1.37 bits per heavy atom. The van der Waals surface area contributed by atoms with E-state index in [1.165, 1.54) is 48.5 Å². The molecule has 0 saturated carbocycles. The van der Waals surface area contributed by atoms with Crippen LogP contribution >= 0.6 is 11.6 Å². The highest BCUT2D eigenvalue weighted by atomic mass is 35.5. The van der Waals surface area contributed by atoms with Crippen LogP contribution in [0.3, 0.4) is 0 Å². The maximum absolute atomic E-state index is 13.5. The van der Waals surface area contributed by atoms with Crippen molar-refractivity contribution in [1.29, 1.82) is 0 Å². The van der Waals surface area contributed by atoms with Crippen molar-refractivity contribution in [2.75, 3.05) is 4.72 Å². The van der Waals surface area contributed by atoms with Gasteiger partial charge in [-0.2, -0.15) is 0 Å². The average molecular weight is 592 g/mol. The number of hydrogen-bond acceptors (Lipinski definition) is 7. The predicted octanol–water partition coefficient (Wildman–Crippen LogP) is 5.13. The number of aromatic hydroxyl groups is 1. The number of phenolic OH excluding ortho intramolecular Hbond substituents is 1. The van der Waals surface area contributed by atoms with Gasteiger partial charge in [-0.3, -0.25) is 4.72 Å². The molecule has 0 bridgehead atoms. The monoisotopic (exact) mass is 591 g/mol. The van der Waals surface area contributed by atoms with E-state index < -0.39 is 45.2 Å². The molecule has 0 atom stereocenters. The van der Waals surface area contributed by atoms with Crippen LogP contribution in [-0.2, 0) is 29.7 Å². The van der Waals surface area contributed by atoms with Crippen LogP contribution in [0.5, 0.6) is 5.75 Å². The zero-order valence-corrected chi connectivity index (χ0v) is 23.3. The Labute approximate surface area is 226 Å². The standard InChI is InChI=1S/C26H22ClNO7S3/c1-17-3-9-21(10-4-17)36(30,31)24-15-20(28-38(34,35)23-13-7-19(27)8-14-23)16-25(26(24)29)37(32,33)22-11-5-18(2)6-12-22/h3-16,28-29H,1-2H3. The third kappa shape index (κ3) is 5.41. The van der Waals surface area contributed by atoms with Gasteiger partial charge in [-0.05, 0) is 74.5 Å². The minimum absolute atomic E-state index is 0.194. The summed E-state index contributed by atoms with van der Waals surface area (Å²) in [7, 11) is -13.2. The highest BCUT2D eigenvalue weighted by molar-refractivity contribution is 7.93. The smallest absolute Gasteiger partial charge is 0.261 e. The summed E-state index contributed by atoms with van der Waals surface area (Å²) in [4.78, 5) is -2.17. The van der Waals surface area contributed by atoms with E-state index in [0.717, 1.165) is 23.3 Å². The lowest BCUT2D eigenvalue weighted by Crippen LogP contribution is -2.15. The minimum atomic E-state index is -4.47. The van der Waals surface area contributed by atoms with E-state index in [9.17, 15) is 30.4 Å². The summed E-state index contributed by atoms with van der Waals surface area (Å²) in [5.41, 5.74) is 1.18. The number of halogens is 1. The van der Waals surface area contributed by atoms with Gasteiger partial charge in [0.05, 0.1) is 20.4 Å². The molecule has 4 aromatic rings. The summed E-state index contributed by atoms with van der Waals surface area (Å²) < 4.78 is 82.3. The number of aryl methyl sites for hydroxylation is 2. The number of rotatable bonds is 7. The van der Waals surface area contributed by atoms with Gasteiger partial charge in [0.15, 0.2) is 5.75 Å². The van der Waals surface area contributed by atoms with Crippen molar-refractivity contribution >= 4 is 47.0 Å². The van der Waals surface area contributed by atoms with Crippen molar-refractivity contribution in [1.82, 2.24) is 0 Å². The number of hydrogen-bond donors (Lipinski definition) is 2. The lowest BCUT2D eigenvalue weighted by molar-refractivity contribution is 0.442. The van der Waals surface area contributed by atoms with Crippen molar-refractivity contribution in [3.8, 4) is 5.75 Å². The second kappa shape index (κ2) is 10.1. The van der Waals surface area contributed by atoms with Crippen molar-refractivity contribution in [3.05, 3.63) is 101 Å².